The van der Waals surface area contributed by atoms with Crippen LogP contribution < -0.4 is 0 Å². The Morgan fingerprint density at radius 3 is 2.36 bits per heavy atom. The molecule has 0 radical (unpaired) electrons. The molecule has 5 aliphatic carbocycles. The van der Waals surface area contributed by atoms with Crippen molar-refractivity contribution < 1.29 is 9.90 Å². The SMILES string of the molecule is C[C@H](C=O)[C@H]1CC[C@H]2[C@@H]3CC[C@@H]4C5C[C@@]5(O)CC[C@]4(C)[C@H]3CC[C@]12C. The van der Waals surface area contributed by atoms with E-state index in [1.165, 1.54) is 51.2 Å². The zero-order valence-corrected chi connectivity index (χ0v) is 16.3. The minimum absolute atomic E-state index is 0.231. The molecule has 0 heterocycles. The summed E-state index contributed by atoms with van der Waals surface area (Å²) in [6.07, 6.45) is 12.7. The highest BCUT2D eigenvalue weighted by Gasteiger charge is 2.68. The first-order chi connectivity index (χ1) is 11.8. The van der Waals surface area contributed by atoms with Crippen LogP contribution in [0.4, 0.5) is 0 Å². The molecule has 140 valence electrons. The lowest BCUT2D eigenvalue weighted by atomic mass is 9.44. The van der Waals surface area contributed by atoms with Crippen LogP contribution in [-0.2, 0) is 4.79 Å². The van der Waals surface area contributed by atoms with E-state index in [4.69, 9.17) is 0 Å². The van der Waals surface area contributed by atoms with Crippen molar-refractivity contribution in [3.63, 3.8) is 0 Å². The summed E-state index contributed by atoms with van der Waals surface area (Å²) < 4.78 is 0. The summed E-state index contributed by atoms with van der Waals surface area (Å²) in [5, 5.41) is 10.7. The Labute approximate surface area is 153 Å². The van der Waals surface area contributed by atoms with Gasteiger partial charge in [-0.2, -0.15) is 0 Å². The molecule has 0 amide bonds. The van der Waals surface area contributed by atoms with E-state index in [0.717, 1.165) is 36.5 Å². The predicted octanol–water partition coefficient (Wildman–Crippen LogP) is 4.84. The van der Waals surface area contributed by atoms with Crippen LogP contribution in [0.15, 0.2) is 0 Å². The first-order valence-corrected chi connectivity index (χ1v) is 11.0. The minimum atomic E-state index is -0.266. The summed E-state index contributed by atoms with van der Waals surface area (Å²) in [7, 11) is 0. The van der Waals surface area contributed by atoms with Gasteiger partial charge in [-0.15, -0.1) is 0 Å². The summed E-state index contributed by atoms with van der Waals surface area (Å²) in [4.78, 5) is 11.5. The Bertz CT molecular complexity index is 587. The summed E-state index contributed by atoms with van der Waals surface area (Å²) in [6.45, 7) is 7.28. The van der Waals surface area contributed by atoms with E-state index in [1.807, 2.05) is 0 Å². The van der Waals surface area contributed by atoms with Gasteiger partial charge < -0.3 is 9.90 Å². The maximum Gasteiger partial charge on any atom is 0.123 e. The molecule has 10 atom stereocenters. The van der Waals surface area contributed by atoms with Crippen LogP contribution in [0.5, 0.6) is 0 Å². The Morgan fingerprint density at radius 2 is 1.60 bits per heavy atom. The van der Waals surface area contributed by atoms with Crippen LogP contribution in [-0.4, -0.2) is 17.0 Å². The minimum Gasteiger partial charge on any atom is -0.390 e. The smallest absolute Gasteiger partial charge is 0.123 e. The molecule has 0 bridgehead atoms. The molecular weight excluding hydrogens is 308 g/mol. The van der Waals surface area contributed by atoms with Crippen LogP contribution in [0.3, 0.4) is 0 Å². The van der Waals surface area contributed by atoms with Crippen LogP contribution in [0.1, 0.15) is 78.6 Å². The highest BCUT2D eigenvalue weighted by molar-refractivity contribution is 5.53. The van der Waals surface area contributed by atoms with Gasteiger partial charge in [-0.3, -0.25) is 0 Å². The Kier molecular flexibility index (Phi) is 3.43. The molecule has 0 saturated heterocycles. The highest BCUT2D eigenvalue weighted by Crippen LogP contribution is 2.72. The normalized spacial score (nSPS) is 60.6. The van der Waals surface area contributed by atoms with E-state index in [9.17, 15) is 9.90 Å². The van der Waals surface area contributed by atoms with Crippen molar-refractivity contribution >= 4 is 6.29 Å². The van der Waals surface area contributed by atoms with Crippen LogP contribution in [0.2, 0.25) is 0 Å². The van der Waals surface area contributed by atoms with Crippen molar-refractivity contribution in [2.24, 2.45) is 52.3 Å². The quantitative estimate of drug-likeness (QED) is 0.728. The molecule has 5 fully saturated rings. The lowest BCUT2D eigenvalue weighted by molar-refractivity contribution is -0.134. The standard InChI is InChI=1S/C23H36O2/c1-14(13-24)16-6-7-17-15-4-5-19-20-12-23(20,25)11-10-22(19,3)18(15)8-9-21(16,17)2/h13-20,25H,4-12H2,1-3H3/t14-,15+,16-,17+,18+,19-,20?,21-,22-,23+/m1/s1. The third kappa shape index (κ3) is 2.04. The summed E-state index contributed by atoms with van der Waals surface area (Å²) in [6, 6.07) is 0. The van der Waals surface area contributed by atoms with Crippen LogP contribution >= 0.6 is 0 Å². The Hall–Kier alpha value is -0.370. The fraction of sp³-hybridized carbons (Fsp3) is 0.957. The van der Waals surface area contributed by atoms with E-state index in [2.05, 4.69) is 20.8 Å². The molecular formula is C23H36O2. The van der Waals surface area contributed by atoms with Crippen molar-refractivity contribution in [2.75, 3.05) is 0 Å². The molecule has 0 aromatic heterocycles. The third-order valence-corrected chi connectivity index (χ3v) is 10.6. The number of hydrogen-bond acceptors (Lipinski definition) is 2. The van der Waals surface area contributed by atoms with Gasteiger partial charge in [0.25, 0.3) is 0 Å². The van der Waals surface area contributed by atoms with E-state index in [-0.39, 0.29) is 11.5 Å². The van der Waals surface area contributed by atoms with Crippen LogP contribution in [0, 0.1) is 52.3 Å². The summed E-state index contributed by atoms with van der Waals surface area (Å²) >= 11 is 0. The Balaban J connectivity index is 1.43. The van der Waals surface area contributed by atoms with Crippen LogP contribution in [0.25, 0.3) is 0 Å². The number of aliphatic hydroxyl groups is 1. The predicted molar refractivity (Wildman–Crippen MR) is 98.9 cm³/mol. The van der Waals surface area contributed by atoms with Gasteiger partial charge in [0.05, 0.1) is 5.60 Å². The number of carbonyl (C=O) groups excluding carboxylic acids is 1. The molecule has 0 spiro atoms. The molecule has 0 aliphatic heterocycles. The van der Waals surface area contributed by atoms with Crippen molar-refractivity contribution in [3.05, 3.63) is 0 Å². The average Bonchev–Trinajstić information content (AvgIpc) is 3.15. The second kappa shape index (κ2) is 5.12. The van der Waals surface area contributed by atoms with Gasteiger partial charge >= 0.3 is 0 Å². The van der Waals surface area contributed by atoms with Gasteiger partial charge in [0.1, 0.15) is 6.29 Å². The second-order valence-electron chi connectivity index (χ2n) is 11.2. The number of hydrogen-bond donors (Lipinski definition) is 1. The van der Waals surface area contributed by atoms with Crippen molar-refractivity contribution in [1.29, 1.82) is 0 Å². The molecule has 5 aliphatic rings. The maximum absolute atomic E-state index is 11.5. The second-order valence-corrected chi connectivity index (χ2v) is 11.2. The van der Waals surface area contributed by atoms with Gasteiger partial charge in [-0.05, 0) is 104 Å². The largest absolute Gasteiger partial charge is 0.390 e. The fourth-order valence-corrected chi connectivity index (χ4v) is 9.13. The zero-order valence-electron chi connectivity index (χ0n) is 16.3. The maximum atomic E-state index is 11.5. The van der Waals surface area contributed by atoms with Gasteiger partial charge in [0, 0.05) is 5.92 Å². The number of carbonyl (C=O) groups is 1. The number of fused-ring (bicyclic) bond motifs is 7. The van der Waals surface area contributed by atoms with Crippen molar-refractivity contribution in [2.45, 2.75) is 84.2 Å². The topological polar surface area (TPSA) is 37.3 Å². The van der Waals surface area contributed by atoms with E-state index < -0.39 is 0 Å². The first kappa shape index (κ1) is 16.8. The molecule has 25 heavy (non-hydrogen) atoms. The highest BCUT2D eigenvalue weighted by atomic mass is 16.3. The molecule has 0 aromatic rings. The lowest BCUT2D eigenvalue weighted by Crippen LogP contribution is -2.54. The summed E-state index contributed by atoms with van der Waals surface area (Å²) in [5.41, 5.74) is 0.615. The van der Waals surface area contributed by atoms with Gasteiger partial charge in [-0.25, -0.2) is 0 Å². The Morgan fingerprint density at radius 1 is 0.880 bits per heavy atom. The molecule has 1 N–H and O–H groups in total. The summed E-state index contributed by atoms with van der Waals surface area (Å²) in [5.74, 6) is 4.84. The lowest BCUT2D eigenvalue weighted by Gasteiger charge is -2.61. The first-order valence-electron chi connectivity index (χ1n) is 11.0. The van der Waals surface area contributed by atoms with Crippen molar-refractivity contribution in [3.8, 4) is 0 Å². The van der Waals surface area contributed by atoms with E-state index >= 15 is 0 Å². The number of rotatable bonds is 2. The molecule has 2 nitrogen and oxygen atoms in total. The third-order valence-electron chi connectivity index (χ3n) is 10.6. The molecule has 5 saturated carbocycles. The van der Waals surface area contributed by atoms with Gasteiger partial charge in [0.15, 0.2) is 0 Å². The monoisotopic (exact) mass is 344 g/mol. The van der Waals surface area contributed by atoms with Crippen molar-refractivity contribution in [1.82, 2.24) is 0 Å². The zero-order chi connectivity index (χ0) is 17.6. The number of aldehydes is 1. The van der Waals surface area contributed by atoms with E-state index in [0.29, 0.717) is 22.7 Å². The fourth-order valence-electron chi connectivity index (χ4n) is 9.13. The molecule has 1 unspecified atom stereocenters. The van der Waals surface area contributed by atoms with E-state index in [1.54, 1.807) is 0 Å². The average molecular weight is 345 g/mol. The molecule has 5 rings (SSSR count). The molecule has 0 aromatic carbocycles. The van der Waals surface area contributed by atoms with Gasteiger partial charge in [0.2, 0.25) is 0 Å². The molecule has 2 heteroatoms. The van der Waals surface area contributed by atoms with Gasteiger partial charge in [-0.1, -0.05) is 20.8 Å².